The molecule has 2 unspecified atom stereocenters. The Morgan fingerprint density at radius 3 is 2.44 bits per heavy atom. The molecule has 140 valence electrons. The predicted octanol–water partition coefficient (Wildman–Crippen LogP) is 5.65. The van der Waals surface area contributed by atoms with Crippen LogP contribution in [0.2, 0.25) is 0 Å². The summed E-state index contributed by atoms with van der Waals surface area (Å²) in [7, 11) is 0. The summed E-state index contributed by atoms with van der Waals surface area (Å²) in [5.74, 6) is 7.17. The molecule has 0 radical (unpaired) electrons. The molecule has 0 spiro atoms. The van der Waals surface area contributed by atoms with E-state index in [2.05, 4.69) is 54.6 Å². The van der Waals surface area contributed by atoms with Gasteiger partial charge in [-0.3, -0.25) is 0 Å². The number of rotatable bonds is 10. The van der Waals surface area contributed by atoms with Gasteiger partial charge in [0.1, 0.15) is 5.75 Å². The highest BCUT2D eigenvalue weighted by Crippen LogP contribution is 2.36. The van der Waals surface area contributed by atoms with Crippen LogP contribution in [0, 0.1) is 11.8 Å². The molecule has 0 aliphatic rings. The van der Waals surface area contributed by atoms with E-state index in [1.165, 1.54) is 11.1 Å². The SMILES string of the molecule is C=CCC(c1ccccc1OC(F)F)N(N)C(=C)C(Br)[C@H](C)C(C)C. The molecule has 0 heterocycles. The van der Waals surface area contributed by atoms with Crippen molar-refractivity contribution in [3.05, 3.63) is 54.8 Å². The van der Waals surface area contributed by atoms with Crippen LogP contribution in [0.4, 0.5) is 8.78 Å². The summed E-state index contributed by atoms with van der Waals surface area (Å²) < 4.78 is 30.1. The number of alkyl halides is 3. The normalized spacial score (nSPS) is 14.9. The third-order valence-electron chi connectivity index (χ3n) is 4.38. The van der Waals surface area contributed by atoms with E-state index in [-0.39, 0.29) is 10.6 Å². The first-order valence-electron chi connectivity index (χ1n) is 8.22. The third-order valence-corrected chi connectivity index (χ3v) is 5.75. The van der Waals surface area contributed by atoms with Gasteiger partial charge in [0.2, 0.25) is 0 Å². The van der Waals surface area contributed by atoms with Crippen molar-refractivity contribution < 1.29 is 13.5 Å². The summed E-state index contributed by atoms with van der Waals surface area (Å²) in [6.07, 6.45) is 2.17. The van der Waals surface area contributed by atoms with Gasteiger partial charge in [-0.2, -0.15) is 8.78 Å². The molecular weight excluding hydrogens is 390 g/mol. The standard InChI is InChI=1S/C19H27BrF2N2O/c1-6-9-16(15-10-7-8-11-17(15)25-19(21)22)24(23)14(5)18(20)13(4)12(2)3/h6-8,10-13,16,18-19H,1,5,9,23H2,2-4H3/t13-,16?,18?/m1/s1. The monoisotopic (exact) mass is 416 g/mol. The third kappa shape index (κ3) is 5.82. The second-order valence-corrected chi connectivity index (χ2v) is 7.35. The minimum atomic E-state index is -2.90. The molecule has 2 N–H and O–H groups in total. The number of nitrogens with zero attached hydrogens (tertiary/aromatic N) is 1. The summed E-state index contributed by atoms with van der Waals surface area (Å²) in [5.41, 5.74) is 1.25. The van der Waals surface area contributed by atoms with E-state index in [0.717, 1.165) is 0 Å². The zero-order valence-electron chi connectivity index (χ0n) is 15.0. The Kier molecular flexibility index (Phi) is 8.59. The van der Waals surface area contributed by atoms with Crippen LogP contribution >= 0.6 is 15.9 Å². The lowest BCUT2D eigenvalue weighted by Crippen LogP contribution is -2.39. The quantitative estimate of drug-likeness (QED) is 0.231. The Balaban J connectivity index is 3.15. The van der Waals surface area contributed by atoms with E-state index in [9.17, 15) is 8.78 Å². The van der Waals surface area contributed by atoms with E-state index in [0.29, 0.717) is 29.5 Å². The number of hydrazine groups is 1. The van der Waals surface area contributed by atoms with E-state index < -0.39 is 12.7 Å². The van der Waals surface area contributed by atoms with Crippen LogP contribution < -0.4 is 10.6 Å². The lowest BCUT2D eigenvalue weighted by atomic mass is 9.92. The molecule has 0 bridgehead atoms. The number of ether oxygens (including phenoxy) is 1. The number of para-hydroxylation sites is 1. The number of hydrogen-bond donors (Lipinski definition) is 1. The molecule has 6 heteroatoms. The zero-order chi connectivity index (χ0) is 19.1. The minimum Gasteiger partial charge on any atom is -0.434 e. The maximum absolute atomic E-state index is 12.7. The van der Waals surface area contributed by atoms with Gasteiger partial charge in [-0.25, -0.2) is 5.84 Å². The summed E-state index contributed by atoms with van der Waals surface area (Å²) >= 11 is 3.66. The largest absolute Gasteiger partial charge is 0.434 e. The van der Waals surface area contributed by atoms with Gasteiger partial charge in [0.15, 0.2) is 0 Å². The van der Waals surface area contributed by atoms with Gasteiger partial charge in [0, 0.05) is 11.3 Å². The molecule has 0 saturated carbocycles. The Bertz CT molecular complexity index is 580. The van der Waals surface area contributed by atoms with E-state index in [4.69, 9.17) is 5.84 Å². The molecule has 0 aliphatic carbocycles. The van der Waals surface area contributed by atoms with Crippen molar-refractivity contribution in [3.63, 3.8) is 0 Å². The highest BCUT2D eigenvalue weighted by atomic mass is 79.9. The van der Waals surface area contributed by atoms with Gasteiger partial charge in [-0.05, 0) is 24.3 Å². The molecule has 0 fully saturated rings. The summed E-state index contributed by atoms with van der Waals surface area (Å²) in [4.78, 5) is -0.0343. The van der Waals surface area contributed by atoms with Gasteiger partial charge in [0.25, 0.3) is 0 Å². The average Bonchev–Trinajstić information content (AvgIpc) is 2.57. The second-order valence-electron chi connectivity index (χ2n) is 6.36. The van der Waals surface area contributed by atoms with Gasteiger partial charge in [-0.15, -0.1) is 6.58 Å². The zero-order valence-corrected chi connectivity index (χ0v) is 16.5. The summed E-state index contributed by atoms with van der Waals surface area (Å²) in [6, 6.07) is 6.25. The molecule has 25 heavy (non-hydrogen) atoms. The number of allylic oxidation sites excluding steroid dienone is 1. The smallest absolute Gasteiger partial charge is 0.387 e. The van der Waals surface area contributed by atoms with Crippen molar-refractivity contribution in [1.82, 2.24) is 5.01 Å². The van der Waals surface area contributed by atoms with Crippen LogP contribution in [0.25, 0.3) is 0 Å². The molecule has 1 aromatic rings. The van der Waals surface area contributed by atoms with E-state index >= 15 is 0 Å². The van der Waals surface area contributed by atoms with Crippen LogP contribution in [-0.2, 0) is 0 Å². The molecule has 1 rings (SSSR count). The van der Waals surface area contributed by atoms with Crippen LogP contribution in [0.5, 0.6) is 5.75 Å². The Morgan fingerprint density at radius 1 is 1.32 bits per heavy atom. The molecule has 0 saturated heterocycles. The van der Waals surface area contributed by atoms with Crippen molar-refractivity contribution in [2.45, 2.75) is 44.7 Å². The van der Waals surface area contributed by atoms with Gasteiger partial charge in [0.05, 0.1) is 10.9 Å². The fourth-order valence-electron chi connectivity index (χ4n) is 2.49. The first-order chi connectivity index (χ1) is 11.7. The molecule has 3 nitrogen and oxygen atoms in total. The number of hydrogen-bond acceptors (Lipinski definition) is 3. The maximum atomic E-state index is 12.7. The van der Waals surface area contributed by atoms with Crippen LogP contribution in [0.3, 0.4) is 0 Å². The summed E-state index contributed by atoms with van der Waals surface area (Å²) in [6.45, 7) is 11.3. The van der Waals surface area contributed by atoms with Crippen LogP contribution in [0.1, 0.15) is 38.8 Å². The van der Waals surface area contributed by atoms with Crippen LogP contribution in [-0.4, -0.2) is 16.4 Å². The topological polar surface area (TPSA) is 38.5 Å². The fourth-order valence-corrected chi connectivity index (χ4v) is 3.34. The van der Waals surface area contributed by atoms with Crippen molar-refractivity contribution in [3.8, 4) is 5.75 Å². The minimum absolute atomic E-state index is 0.0343. The number of benzene rings is 1. The van der Waals surface area contributed by atoms with Crippen LogP contribution in [0.15, 0.2) is 49.2 Å². The first-order valence-corrected chi connectivity index (χ1v) is 9.13. The molecule has 3 atom stereocenters. The van der Waals surface area contributed by atoms with Crippen molar-refractivity contribution >= 4 is 15.9 Å². The highest BCUT2D eigenvalue weighted by Gasteiger charge is 2.28. The molecular formula is C19H27BrF2N2O. The molecule has 0 aliphatic heterocycles. The molecule has 0 amide bonds. The molecule has 1 aromatic carbocycles. The van der Waals surface area contributed by atoms with Gasteiger partial charge >= 0.3 is 6.61 Å². The van der Waals surface area contributed by atoms with Crippen molar-refractivity contribution in [1.29, 1.82) is 0 Å². The first kappa shape index (κ1) is 21.6. The van der Waals surface area contributed by atoms with Crippen molar-refractivity contribution in [2.24, 2.45) is 17.7 Å². The highest BCUT2D eigenvalue weighted by molar-refractivity contribution is 9.09. The number of nitrogens with two attached hydrogens (primary N) is 1. The lowest BCUT2D eigenvalue weighted by Gasteiger charge is -2.35. The molecule has 0 aromatic heterocycles. The maximum Gasteiger partial charge on any atom is 0.387 e. The van der Waals surface area contributed by atoms with Gasteiger partial charge in [-0.1, -0.05) is 67.6 Å². The number of halogens is 3. The Morgan fingerprint density at radius 2 is 1.92 bits per heavy atom. The van der Waals surface area contributed by atoms with E-state index in [1.54, 1.807) is 24.3 Å². The van der Waals surface area contributed by atoms with Gasteiger partial charge < -0.3 is 9.75 Å². The predicted molar refractivity (Wildman–Crippen MR) is 103 cm³/mol. The van der Waals surface area contributed by atoms with Crippen molar-refractivity contribution in [2.75, 3.05) is 0 Å². The Labute approximate surface area is 157 Å². The lowest BCUT2D eigenvalue weighted by molar-refractivity contribution is -0.0511. The summed E-state index contributed by atoms with van der Waals surface area (Å²) in [5, 5.41) is 1.52. The fraction of sp³-hybridized carbons (Fsp3) is 0.474. The second kappa shape index (κ2) is 9.92. The average molecular weight is 417 g/mol. The Hall–Kier alpha value is -1.40. The van der Waals surface area contributed by atoms with E-state index in [1.807, 2.05) is 0 Å².